The van der Waals surface area contributed by atoms with Crippen LogP contribution in [0.3, 0.4) is 0 Å². The smallest absolute Gasteiger partial charge is 0.316 e. The largest absolute Gasteiger partial charge is 0.351 e. The number of benzene rings is 2. The summed E-state index contributed by atoms with van der Waals surface area (Å²) in [5.41, 5.74) is 6.20. The maximum atomic E-state index is 13.2. The van der Waals surface area contributed by atoms with Crippen molar-refractivity contribution in [2.45, 2.75) is 0 Å². The summed E-state index contributed by atoms with van der Waals surface area (Å²) < 4.78 is 13.7. The molecule has 2 rings (SSSR count). The topological polar surface area (TPSA) is 84.2 Å². The van der Waals surface area contributed by atoms with Gasteiger partial charge in [-0.05, 0) is 42.5 Å². The van der Waals surface area contributed by atoms with E-state index in [9.17, 15) is 14.0 Å². The first-order chi connectivity index (χ1) is 9.94. The first-order valence-corrected chi connectivity index (χ1v) is 6.67. The Labute approximate surface area is 128 Å². The van der Waals surface area contributed by atoms with E-state index in [-0.39, 0.29) is 5.56 Å². The van der Waals surface area contributed by atoms with E-state index in [2.05, 4.69) is 26.6 Å². The van der Waals surface area contributed by atoms with Crippen LogP contribution in [0.2, 0.25) is 0 Å². The van der Waals surface area contributed by atoms with Crippen LogP contribution in [0.15, 0.2) is 46.9 Å². The summed E-state index contributed by atoms with van der Waals surface area (Å²) >= 11 is 3.13. The minimum atomic E-state index is -0.670. The van der Waals surface area contributed by atoms with Crippen LogP contribution >= 0.6 is 15.9 Å². The number of primary amides is 1. The van der Waals surface area contributed by atoms with Gasteiger partial charge >= 0.3 is 6.03 Å². The molecule has 0 aromatic heterocycles. The summed E-state index contributed by atoms with van der Waals surface area (Å²) in [7, 11) is 0. The zero-order valence-corrected chi connectivity index (χ0v) is 12.3. The number of nitrogens with two attached hydrogens (primary N) is 1. The Morgan fingerprint density at radius 1 is 1.00 bits per heavy atom. The van der Waals surface area contributed by atoms with E-state index in [4.69, 9.17) is 5.73 Å². The molecule has 0 radical (unpaired) electrons. The fourth-order valence-electron chi connectivity index (χ4n) is 1.67. The molecule has 0 aliphatic heterocycles. The van der Waals surface area contributed by atoms with Gasteiger partial charge in [0.2, 0.25) is 0 Å². The zero-order chi connectivity index (χ0) is 15.4. The van der Waals surface area contributed by atoms with Crippen LogP contribution in [-0.2, 0) is 0 Å². The molecule has 0 atom stereocenters. The number of nitrogens with one attached hydrogen (secondary N) is 2. The summed E-state index contributed by atoms with van der Waals surface area (Å²) in [6, 6.07) is 9.61. The maximum absolute atomic E-state index is 13.2. The van der Waals surface area contributed by atoms with Gasteiger partial charge in [0, 0.05) is 21.4 Å². The molecule has 4 N–H and O–H groups in total. The normalized spacial score (nSPS) is 10.0. The fraction of sp³-hybridized carbons (Fsp3) is 0. The van der Waals surface area contributed by atoms with Crippen molar-refractivity contribution in [3.8, 4) is 0 Å². The third-order valence-electron chi connectivity index (χ3n) is 2.54. The number of amides is 3. The van der Waals surface area contributed by atoms with Crippen LogP contribution < -0.4 is 16.4 Å². The molecular formula is C14H11BrFN3O2. The summed E-state index contributed by atoms with van der Waals surface area (Å²) in [6.45, 7) is 0. The average molecular weight is 352 g/mol. The van der Waals surface area contributed by atoms with Crippen LogP contribution in [0, 0.1) is 5.82 Å². The van der Waals surface area contributed by atoms with Crippen molar-refractivity contribution in [1.29, 1.82) is 0 Å². The molecular weight excluding hydrogens is 341 g/mol. The Morgan fingerprint density at radius 2 is 1.57 bits per heavy atom. The minimum Gasteiger partial charge on any atom is -0.351 e. The highest BCUT2D eigenvalue weighted by atomic mass is 79.9. The van der Waals surface area contributed by atoms with Crippen LogP contribution in [0.25, 0.3) is 0 Å². The molecule has 0 aliphatic rings. The molecule has 0 saturated carbocycles. The van der Waals surface area contributed by atoms with E-state index < -0.39 is 17.8 Å². The lowest BCUT2D eigenvalue weighted by Crippen LogP contribution is -2.19. The molecule has 0 spiro atoms. The first kappa shape index (κ1) is 15.0. The lowest BCUT2D eigenvalue weighted by molar-refractivity contribution is 0.102. The molecule has 0 bridgehead atoms. The lowest BCUT2D eigenvalue weighted by atomic mass is 10.2. The van der Waals surface area contributed by atoms with Gasteiger partial charge in [-0.3, -0.25) is 4.79 Å². The summed E-state index contributed by atoms with van der Waals surface area (Å²) in [4.78, 5) is 22.7. The van der Waals surface area contributed by atoms with Crippen molar-refractivity contribution in [2.75, 3.05) is 10.6 Å². The van der Waals surface area contributed by atoms with Crippen LogP contribution in [0.4, 0.5) is 20.6 Å². The van der Waals surface area contributed by atoms with Gasteiger partial charge in [0.25, 0.3) is 5.91 Å². The van der Waals surface area contributed by atoms with Gasteiger partial charge in [-0.1, -0.05) is 15.9 Å². The van der Waals surface area contributed by atoms with E-state index in [1.165, 1.54) is 12.1 Å². The monoisotopic (exact) mass is 351 g/mol. The quantitative estimate of drug-likeness (QED) is 0.792. The average Bonchev–Trinajstić information content (AvgIpc) is 2.39. The molecule has 2 aromatic carbocycles. The molecule has 2 aromatic rings. The van der Waals surface area contributed by atoms with Gasteiger partial charge in [-0.2, -0.15) is 0 Å². The molecule has 0 aliphatic carbocycles. The Hall–Kier alpha value is -2.41. The van der Waals surface area contributed by atoms with E-state index >= 15 is 0 Å². The number of urea groups is 1. The molecule has 7 heteroatoms. The van der Waals surface area contributed by atoms with E-state index in [1.54, 1.807) is 24.3 Å². The second kappa shape index (κ2) is 6.36. The molecule has 21 heavy (non-hydrogen) atoms. The number of carbonyl (C=O) groups excluding carboxylic acids is 2. The highest BCUT2D eigenvalue weighted by molar-refractivity contribution is 9.10. The summed E-state index contributed by atoms with van der Waals surface area (Å²) in [5, 5.41) is 5.03. The second-order valence-corrected chi connectivity index (χ2v) is 5.09. The van der Waals surface area contributed by atoms with Crippen molar-refractivity contribution < 1.29 is 14.0 Å². The molecule has 0 unspecified atom stereocenters. The standard InChI is InChI=1S/C14H11BrFN3O2/c15-9-5-8(6-10(16)7-9)13(20)18-11-1-3-12(4-2-11)19-14(17)21/h1-7H,(H,18,20)(H3,17,19,21). The van der Waals surface area contributed by atoms with Gasteiger partial charge in [0.1, 0.15) is 5.82 Å². The number of hydrogen-bond acceptors (Lipinski definition) is 2. The van der Waals surface area contributed by atoms with Crippen molar-refractivity contribution in [1.82, 2.24) is 0 Å². The van der Waals surface area contributed by atoms with Crippen LogP contribution in [-0.4, -0.2) is 11.9 Å². The van der Waals surface area contributed by atoms with Crippen molar-refractivity contribution >= 4 is 39.2 Å². The van der Waals surface area contributed by atoms with Crippen LogP contribution in [0.5, 0.6) is 0 Å². The molecule has 0 saturated heterocycles. The molecule has 5 nitrogen and oxygen atoms in total. The molecule has 0 fully saturated rings. The Bertz CT molecular complexity index is 669. The third kappa shape index (κ3) is 4.28. The van der Waals surface area contributed by atoms with Gasteiger partial charge in [0.15, 0.2) is 0 Å². The van der Waals surface area contributed by atoms with E-state index in [0.29, 0.717) is 15.8 Å². The third-order valence-corrected chi connectivity index (χ3v) is 2.99. The number of anilines is 2. The number of halogens is 2. The Morgan fingerprint density at radius 3 is 2.10 bits per heavy atom. The zero-order valence-electron chi connectivity index (χ0n) is 10.7. The van der Waals surface area contributed by atoms with E-state index in [0.717, 1.165) is 6.07 Å². The second-order valence-electron chi connectivity index (χ2n) is 4.18. The Kier molecular flexibility index (Phi) is 4.54. The van der Waals surface area contributed by atoms with E-state index in [1.807, 2.05) is 0 Å². The Balaban J connectivity index is 2.10. The molecule has 108 valence electrons. The number of rotatable bonds is 3. The van der Waals surface area contributed by atoms with Crippen LogP contribution in [0.1, 0.15) is 10.4 Å². The predicted octanol–water partition coefficient (Wildman–Crippen LogP) is 3.33. The van der Waals surface area contributed by atoms with Crippen molar-refractivity contribution in [3.63, 3.8) is 0 Å². The SMILES string of the molecule is NC(=O)Nc1ccc(NC(=O)c2cc(F)cc(Br)c2)cc1. The summed E-state index contributed by atoms with van der Waals surface area (Å²) in [6.07, 6.45) is 0. The predicted molar refractivity (Wildman–Crippen MR) is 81.7 cm³/mol. The van der Waals surface area contributed by atoms with Crippen molar-refractivity contribution in [2.24, 2.45) is 5.73 Å². The lowest BCUT2D eigenvalue weighted by Gasteiger charge is -2.07. The highest BCUT2D eigenvalue weighted by Crippen LogP contribution is 2.18. The number of hydrogen-bond donors (Lipinski definition) is 3. The number of carbonyl (C=O) groups is 2. The maximum Gasteiger partial charge on any atom is 0.316 e. The van der Waals surface area contributed by atoms with Gasteiger partial charge in [-0.25, -0.2) is 9.18 Å². The first-order valence-electron chi connectivity index (χ1n) is 5.88. The van der Waals surface area contributed by atoms with Gasteiger partial charge in [0.05, 0.1) is 0 Å². The summed E-state index contributed by atoms with van der Waals surface area (Å²) in [5.74, 6) is -0.943. The highest BCUT2D eigenvalue weighted by Gasteiger charge is 2.09. The molecule has 3 amide bonds. The van der Waals surface area contributed by atoms with Crippen molar-refractivity contribution in [3.05, 3.63) is 58.3 Å². The fourth-order valence-corrected chi connectivity index (χ4v) is 2.13. The minimum absolute atomic E-state index is 0.196. The van der Waals surface area contributed by atoms with Gasteiger partial charge < -0.3 is 16.4 Å². The molecule has 0 heterocycles. The van der Waals surface area contributed by atoms with Gasteiger partial charge in [-0.15, -0.1) is 0 Å².